The predicted octanol–water partition coefficient (Wildman–Crippen LogP) is 3.69. The van der Waals surface area contributed by atoms with Crippen molar-refractivity contribution in [2.75, 3.05) is 11.9 Å². The van der Waals surface area contributed by atoms with Crippen LogP contribution in [0.3, 0.4) is 0 Å². The van der Waals surface area contributed by atoms with Crippen molar-refractivity contribution in [3.8, 4) is 0 Å². The summed E-state index contributed by atoms with van der Waals surface area (Å²) in [5, 5.41) is 3.53. The normalized spacial score (nSPS) is 10.1. The zero-order chi connectivity index (χ0) is 9.68. The average Bonchev–Trinajstić information content (AvgIpc) is 2.03. The first-order chi connectivity index (χ1) is 6.22. The molecular formula is C10H13ClFN. The third kappa shape index (κ3) is 3.64. The van der Waals surface area contributed by atoms with E-state index in [2.05, 4.69) is 12.2 Å². The summed E-state index contributed by atoms with van der Waals surface area (Å²) >= 11 is 5.68. The van der Waals surface area contributed by atoms with Crippen LogP contribution in [0.4, 0.5) is 10.1 Å². The van der Waals surface area contributed by atoms with E-state index in [0.717, 1.165) is 25.1 Å². The second-order valence-corrected chi connectivity index (χ2v) is 3.37. The minimum Gasteiger partial charge on any atom is -0.385 e. The highest BCUT2D eigenvalue weighted by Crippen LogP contribution is 2.17. The molecule has 0 aliphatic carbocycles. The molecule has 0 spiro atoms. The molecule has 0 saturated carbocycles. The fourth-order valence-corrected chi connectivity index (χ4v) is 1.29. The Hall–Kier alpha value is -0.760. The van der Waals surface area contributed by atoms with Crippen molar-refractivity contribution in [3.63, 3.8) is 0 Å². The van der Waals surface area contributed by atoms with E-state index in [-0.39, 0.29) is 5.82 Å². The van der Waals surface area contributed by atoms with Crippen molar-refractivity contribution >= 4 is 17.3 Å². The first-order valence-corrected chi connectivity index (χ1v) is 4.80. The van der Waals surface area contributed by atoms with Gasteiger partial charge in [-0.3, -0.25) is 0 Å². The Balaban J connectivity index is 2.56. The van der Waals surface area contributed by atoms with Crippen molar-refractivity contribution in [2.45, 2.75) is 19.8 Å². The molecule has 0 aliphatic rings. The second-order valence-electron chi connectivity index (χ2n) is 2.94. The number of halogens is 2. The average molecular weight is 202 g/mol. The zero-order valence-electron chi connectivity index (χ0n) is 7.61. The summed E-state index contributed by atoms with van der Waals surface area (Å²) in [6.45, 7) is 2.97. The molecule has 1 aromatic rings. The molecule has 0 amide bonds. The number of unbranched alkanes of at least 4 members (excludes halogenated alkanes) is 1. The molecular weight excluding hydrogens is 189 g/mol. The van der Waals surface area contributed by atoms with Crippen LogP contribution in [0.15, 0.2) is 18.2 Å². The highest BCUT2D eigenvalue weighted by atomic mass is 35.5. The minimum absolute atomic E-state index is 0.300. The fraction of sp³-hybridized carbons (Fsp3) is 0.400. The lowest BCUT2D eigenvalue weighted by Crippen LogP contribution is -2.00. The summed E-state index contributed by atoms with van der Waals surface area (Å²) in [4.78, 5) is 0. The van der Waals surface area contributed by atoms with Gasteiger partial charge in [-0.15, -0.1) is 0 Å². The van der Waals surface area contributed by atoms with E-state index in [0.29, 0.717) is 5.02 Å². The van der Waals surface area contributed by atoms with E-state index in [1.54, 1.807) is 6.07 Å². The monoisotopic (exact) mass is 201 g/mol. The Morgan fingerprint density at radius 1 is 1.38 bits per heavy atom. The van der Waals surface area contributed by atoms with Crippen LogP contribution in [-0.4, -0.2) is 6.54 Å². The van der Waals surface area contributed by atoms with Crippen molar-refractivity contribution in [1.82, 2.24) is 0 Å². The molecule has 0 bridgehead atoms. The Labute approximate surface area is 82.9 Å². The lowest BCUT2D eigenvalue weighted by atomic mass is 10.3. The van der Waals surface area contributed by atoms with Gasteiger partial charge in [-0.25, -0.2) is 4.39 Å². The van der Waals surface area contributed by atoms with Crippen LogP contribution in [0.1, 0.15) is 19.8 Å². The van der Waals surface area contributed by atoms with E-state index in [1.165, 1.54) is 12.1 Å². The Morgan fingerprint density at radius 2 is 2.15 bits per heavy atom. The molecule has 0 aromatic heterocycles. The topological polar surface area (TPSA) is 12.0 Å². The maximum Gasteiger partial charge on any atom is 0.126 e. The van der Waals surface area contributed by atoms with Crippen LogP contribution in [0.5, 0.6) is 0 Å². The van der Waals surface area contributed by atoms with Gasteiger partial charge in [-0.2, -0.15) is 0 Å². The maximum atomic E-state index is 12.8. The highest BCUT2D eigenvalue weighted by Gasteiger charge is 1.97. The van der Waals surface area contributed by atoms with Gasteiger partial charge in [-0.1, -0.05) is 24.9 Å². The van der Waals surface area contributed by atoms with Crippen LogP contribution >= 0.6 is 11.6 Å². The number of hydrogen-bond donors (Lipinski definition) is 1. The standard InChI is InChI=1S/C10H13ClFN/c1-2-3-4-13-10-6-8(11)5-9(12)7-10/h5-7,13H,2-4H2,1H3. The summed E-state index contributed by atoms with van der Waals surface area (Å²) in [7, 11) is 0. The van der Waals surface area contributed by atoms with Crippen LogP contribution in [0.2, 0.25) is 5.02 Å². The largest absolute Gasteiger partial charge is 0.385 e. The molecule has 0 heterocycles. The van der Waals surface area contributed by atoms with Crippen molar-refractivity contribution in [3.05, 3.63) is 29.0 Å². The van der Waals surface area contributed by atoms with Gasteiger partial charge in [0.2, 0.25) is 0 Å². The van der Waals surface area contributed by atoms with Crippen LogP contribution in [-0.2, 0) is 0 Å². The molecule has 0 radical (unpaired) electrons. The van der Waals surface area contributed by atoms with Crippen LogP contribution in [0, 0.1) is 5.82 Å². The van der Waals surface area contributed by atoms with Crippen molar-refractivity contribution in [1.29, 1.82) is 0 Å². The first kappa shape index (κ1) is 10.3. The lowest BCUT2D eigenvalue weighted by Gasteiger charge is -2.05. The van der Waals surface area contributed by atoms with Gasteiger partial charge in [0.1, 0.15) is 5.82 Å². The number of benzene rings is 1. The Bertz CT molecular complexity index is 255. The molecule has 1 N–H and O–H groups in total. The van der Waals surface area contributed by atoms with Gasteiger partial charge < -0.3 is 5.32 Å². The smallest absolute Gasteiger partial charge is 0.126 e. The predicted molar refractivity (Wildman–Crippen MR) is 54.8 cm³/mol. The summed E-state index contributed by atoms with van der Waals surface area (Å²) in [6, 6.07) is 4.47. The molecule has 72 valence electrons. The third-order valence-corrected chi connectivity index (χ3v) is 1.94. The molecule has 0 aliphatic heterocycles. The third-order valence-electron chi connectivity index (χ3n) is 1.72. The minimum atomic E-state index is -0.300. The van der Waals surface area contributed by atoms with Crippen LogP contribution < -0.4 is 5.32 Å². The van der Waals surface area contributed by atoms with Gasteiger partial charge in [-0.05, 0) is 24.6 Å². The molecule has 13 heavy (non-hydrogen) atoms. The Kier molecular flexibility index (Phi) is 4.03. The van der Waals surface area contributed by atoms with Crippen molar-refractivity contribution < 1.29 is 4.39 Å². The summed E-state index contributed by atoms with van der Waals surface area (Å²) in [5.74, 6) is -0.300. The van der Waals surface area contributed by atoms with E-state index in [4.69, 9.17) is 11.6 Å². The molecule has 1 aromatic carbocycles. The summed E-state index contributed by atoms with van der Waals surface area (Å²) < 4.78 is 12.8. The summed E-state index contributed by atoms with van der Waals surface area (Å²) in [6.07, 6.45) is 2.20. The van der Waals surface area contributed by atoms with Crippen molar-refractivity contribution in [2.24, 2.45) is 0 Å². The molecule has 1 nitrogen and oxygen atoms in total. The first-order valence-electron chi connectivity index (χ1n) is 4.42. The number of nitrogens with one attached hydrogen (secondary N) is 1. The molecule has 0 saturated heterocycles. The molecule has 0 fully saturated rings. The highest BCUT2D eigenvalue weighted by molar-refractivity contribution is 6.30. The van der Waals surface area contributed by atoms with Gasteiger partial charge in [0.05, 0.1) is 0 Å². The lowest BCUT2D eigenvalue weighted by molar-refractivity contribution is 0.628. The van der Waals surface area contributed by atoms with E-state index >= 15 is 0 Å². The number of rotatable bonds is 4. The molecule has 3 heteroatoms. The van der Waals surface area contributed by atoms with E-state index < -0.39 is 0 Å². The second kappa shape index (κ2) is 5.07. The maximum absolute atomic E-state index is 12.8. The number of hydrogen-bond acceptors (Lipinski definition) is 1. The molecule has 1 rings (SSSR count). The zero-order valence-corrected chi connectivity index (χ0v) is 8.37. The SMILES string of the molecule is CCCCNc1cc(F)cc(Cl)c1. The fourth-order valence-electron chi connectivity index (χ4n) is 1.07. The Morgan fingerprint density at radius 3 is 2.77 bits per heavy atom. The quantitative estimate of drug-likeness (QED) is 0.733. The number of anilines is 1. The molecule has 0 unspecified atom stereocenters. The molecule has 0 atom stereocenters. The van der Waals surface area contributed by atoms with E-state index in [1.807, 2.05) is 0 Å². The van der Waals surface area contributed by atoms with Gasteiger partial charge in [0.15, 0.2) is 0 Å². The van der Waals surface area contributed by atoms with Gasteiger partial charge in [0, 0.05) is 17.3 Å². The summed E-state index contributed by atoms with van der Waals surface area (Å²) in [5.41, 5.74) is 0.749. The van der Waals surface area contributed by atoms with Crippen LogP contribution in [0.25, 0.3) is 0 Å². The van der Waals surface area contributed by atoms with Gasteiger partial charge >= 0.3 is 0 Å². The van der Waals surface area contributed by atoms with Gasteiger partial charge in [0.25, 0.3) is 0 Å². The van der Waals surface area contributed by atoms with E-state index in [9.17, 15) is 4.39 Å².